The van der Waals surface area contributed by atoms with E-state index < -0.39 is 48.2 Å². The summed E-state index contributed by atoms with van der Waals surface area (Å²) in [6, 6.07) is 6.76. The van der Waals surface area contributed by atoms with E-state index in [1.165, 1.54) is 18.2 Å². The van der Waals surface area contributed by atoms with Gasteiger partial charge in [-0.15, -0.1) is 0 Å². The summed E-state index contributed by atoms with van der Waals surface area (Å²) in [7, 11) is -2.65. The van der Waals surface area contributed by atoms with Gasteiger partial charge in [-0.3, -0.25) is 4.79 Å². The molecule has 2 atom stereocenters. The van der Waals surface area contributed by atoms with Crippen molar-refractivity contribution in [2.75, 3.05) is 6.16 Å². The van der Waals surface area contributed by atoms with E-state index in [4.69, 9.17) is 0 Å². The lowest BCUT2D eigenvalue weighted by molar-refractivity contribution is -0.143. The van der Waals surface area contributed by atoms with Crippen molar-refractivity contribution in [3.63, 3.8) is 0 Å². The monoisotopic (exact) mass is 478 g/mol. The molecule has 0 saturated heterocycles. The summed E-state index contributed by atoms with van der Waals surface area (Å²) in [6.07, 6.45) is -9.44. The molecule has 2 nitrogen and oxygen atoms in total. The third-order valence-electron chi connectivity index (χ3n) is 4.87. The number of ketones is 1. The van der Waals surface area contributed by atoms with Crippen molar-refractivity contribution in [1.82, 2.24) is 0 Å². The van der Waals surface area contributed by atoms with E-state index in [1.807, 2.05) is 27.7 Å². The summed E-state index contributed by atoms with van der Waals surface area (Å²) in [6.45, 7) is 7.89. The summed E-state index contributed by atoms with van der Waals surface area (Å²) in [5, 5.41) is -0.00615. The van der Waals surface area contributed by atoms with Crippen LogP contribution in [-0.2, 0) is 16.9 Å². The van der Waals surface area contributed by atoms with Crippen LogP contribution in [0.1, 0.15) is 61.2 Å². The molecular weight excluding hydrogens is 453 g/mol. The van der Waals surface area contributed by atoms with Gasteiger partial charge in [-0.25, -0.2) is 0 Å². The van der Waals surface area contributed by atoms with Gasteiger partial charge in [0.2, 0.25) is 0 Å². The van der Waals surface area contributed by atoms with Crippen LogP contribution in [0.4, 0.5) is 26.3 Å². The summed E-state index contributed by atoms with van der Waals surface area (Å²) in [5.74, 6) is -1.46. The van der Waals surface area contributed by atoms with Crippen LogP contribution in [0.5, 0.6) is 0 Å². The zero-order valence-corrected chi connectivity index (χ0v) is 19.1. The van der Waals surface area contributed by atoms with E-state index in [1.54, 1.807) is 0 Å². The van der Waals surface area contributed by atoms with Crippen LogP contribution < -0.4 is 5.30 Å². The van der Waals surface area contributed by atoms with E-state index >= 15 is 0 Å². The molecule has 2 unspecified atom stereocenters. The van der Waals surface area contributed by atoms with Crippen molar-refractivity contribution in [3.05, 3.63) is 64.7 Å². The van der Waals surface area contributed by atoms with Crippen molar-refractivity contribution < 1.29 is 35.7 Å². The van der Waals surface area contributed by atoms with Crippen molar-refractivity contribution >= 4 is 18.9 Å². The summed E-state index contributed by atoms with van der Waals surface area (Å²) in [5.41, 5.74) is -5.27. The first kappa shape index (κ1) is 26.2. The van der Waals surface area contributed by atoms with Crippen molar-refractivity contribution in [2.45, 2.75) is 46.5 Å². The maximum absolute atomic E-state index is 13.5. The topological polar surface area (TPSA) is 34.1 Å². The molecule has 0 aromatic heterocycles. The molecular formula is C23H25F6O2P. The highest BCUT2D eigenvalue weighted by atomic mass is 31.1. The Hall–Kier alpha value is -2.08. The molecule has 0 fully saturated rings. The highest BCUT2D eigenvalue weighted by Gasteiger charge is 2.43. The Balaban J connectivity index is 2.58. The summed E-state index contributed by atoms with van der Waals surface area (Å²) in [4.78, 5) is 13.1. The molecule has 0 N–H and O–H groups in total. The van der Waals surface area contributed by atoms with Gasteiger partial charge in [-0.2, -0.15) is 26.3 Å². The number of hydrogen-bond donors (Lipinski definition) is 0. The van der Waals surface area contributed by atoms with Crippen LogP contribution in [0.3, 0.4) is 0 Å². The fourth-order valence-corrected chi connectivity index (χ4v) is 5.65. The third-order valence-corrected chi connectivity index (χ3v) is 6.97. The van der Waals surface area contributed by atoms with E-state index in [0.717, 1.165) is 6.07 Å². The number of carbonyl (C=O) groups excluding carboxylic acids is 1. The van der Waals surface area contributed by atoms with Crippen LogP contribution in [0.2, 0.25) is 0 Å². The Morgan fingerprint density at radius 1 is 0.875 bits per heavy atom. The molecule has 2 rings (SSSR count). The van der Waals surface area contributed by atoms with Crippen molar-refractivity contribution in [1.29, 1.82) is 0 Å². The highest BCUT2D eigenvalue weighted by molar-refractivity contribution is 7.53. The second-order valence-electron chi connectivity index (χ2n) is 9.10. The normalized spacial score (nSPS) is 14.8. The molecule has 0 bridgehead atoms. The van der Waals surface area contributed by atoms with Gasteiger partial charge in [0.15, 0.2) is 5.78 Å². The van der Waals surface area contributed by atoms with Gasteiger partial charge >= 0.3 is 12.4 Å². The maximum atomic E-state index is 13.5. The fourth-order valence-electron chi connectivity index (χ4n) is 3.87. The second-order valence-corrected chi connectivity index (χ2v) is 10.9. The lowest BCUT2D eigenvalue weighted by atomic mass is 9.86. The van der Waals surface area contributed by atoms with Gasteiger partial charge in [0, 0.05) is 22.6 Å². The zero-order valence-electron chi connectivity index (χ0n) is 18.1. The van der Waals surface area contributed by atoms with E-state index in [9.17, 15) is 35.7 Å². The number of carbonyl (C=O) groups is 1. The molecule has 0 aliphatic rings. The van der Waals surface area contributed by atoms with Gasteiger partial charge in [-0.05, 0) is 29.9 Å². The SMILES string of the molecule is CC(C[PH](=O)c1ccccc1C(=O)c1c(C(F)(F)F)cccc1C(F)(F)F)CC(C)(C)C. The standard InChI is InChI=1S/C23H25F6O2P/c1-14(12-21(2,3)4)13-32(31)18-11-6-5-8-15(18)20(30)19-16(22(24,25)26)9-7-10-17(19)23(27,28)29/h5-11,14,32H,12-13H2,1-4H3. The molecule has 32 heavy (non-hydrogen) atoms. The van der Waals surface area contributed by atoms with Crippen LogP contribution in [0, 0.1) is 11.3 Å². The second kappa shape index (κ2) is 9.42. The third kappa shape index (κ3) is 6.47. The molecule has 2 aromatic rings. The molecule has 2 aromatic carbocycles. The van der Waals surface area contributed by atoms with Gasteiger partial charge in [0.1, 0.15) is 7.80 Å². The quantitative estimate of drug-likeness (QED) is 0.250. The molecule has 0 aliphatic carbocycles. The number of rotatable bonds is 6. The first-order valence-corrected chi connectivity index (χ1v) is 11.6. The van der Waals surface area contributed by atoms with Crippen LogP contribution in [0.15, 0.2) is 42.5 Å². The lowest BCUT2D eigenvalue weighted by Gasteiger charge is -2.23. The highest BCUT2D eigenvalue weighted by Crippen LogP contribution is 2.41. The number of benzene rings is 2. The smallest absolute Gasteiger partial charge is 0.322 e. The molecule has 0 amide bonds. The van der Waals surface area contributed by atoms with Crippen molar-refractivity contribution in [2.24, 2.45) is 11.3 Å². The first-order valence-electron chi connectivity index (χ1n) is 9.96. The van der Waals surface area contributed by atoms with E-state index in [-0.39, 0.29) is 22.8 Å². The van der Waals surface area contributed by atoms with Gasteiger partial charge in [-0.1, -0.05) is 58.0 Å². The summed E-state index contributed by atoms with van der Waals surface area (Å²) < 4.78 is 94.1. The molecule has 0 radical (unpaired) electrons. The summed E-state index contributed by atoms with van der Waals surface area (Å²) >= 11 is 0. The minimum Gasteiger partial charge on any atom is -0.322 e. The number of hydrogen-bond acceptors (Lipinski definition) is 2. The maximum Gasteiger partial charge on any atom is 0.417 e. The fraction of sp³-hybridized carbons (Fsp3) is 0.435. The predicted octanol–water partition coefficient (Wildman–Crippen LogP) is 7.21. The Bertz CT molecular complexity index is 971. The molecule has 0 spiro atoms. The first-order chi connectivity index (χ1) is 14.5. The Morgan fingerprint density at radius 2 is 1.38 bits per heavy atom. The lowest BCUT2D eigenvalue weighted by Crippen LogP contribution is -2.23. The average Bonchev–Trinajstić information content (AvgIpc) is 2.63. The van der Waals surface area contributed by atoms with Gasteiger partial charge < -0.3 is 4.57 Å². The minimum absolute atomic E-state index is 0.00615. The minimum atomic E-state index is -5.17. The molecule has 0 heterocycles. The number of alkyl halides is 6. The van der Waals surface area contributed by atoms with Crippen LogP contribution in [-0.4, -0.2) is 11.9 Å². The van der Waals surface area contributed by atoms with Crippen LogP contribution in [0.25, 0.3) is 0 Å². The Morgan fingerprint density at radius 3 is 1.84 bits per heavy atom. The number of halogens is 6. The van der Waals surface area contributed by atoms with Gasteiger partial charge in [0.05, 0.1) is 11.1 Å². The molecule has 0 saturated carbocycles. The predicted molar refractivity (Wildman–Crippen MR) is 113 cm³/mol. The Kier molecular flexibility index (Phi) is 7.71. The largest absolute Gasteiger partial charge is 0.417 e. The van der Waals surface area contributed by atoms with E-state index in [2.05, 4.69) is 0 Å². The Labute approximate surface area is 183 Å². The van der Waals surface area contributed by atoms with Crippen molar-refractivity contribution in [3.8, 4) is 0 Å². The molecule has 176 valence electrons. The van der Waals surface area contributed by atoms with E-state index in [0.29, 0.717) is 24.6 Å². The zero-order chi connectivity index (χ0) is 24.5. The van der Waals surface area contributed by atoms with Gasteiger partial charge in [0.25, 0.3) is 0 Å². The molecule has 0 aliphatic heterocycles. The average molecular weight is 478 g/mol. The van der Waals surface area contributed by atoms with Crippen LogP contribution >= 0.6 is 7.80 Å². The molecule has 9 heteroatoms.